The zero-order valence-corrected chi connectivity index (χ0v) is 12.7. The Bertz CT molecular complexity index is 368. The minimum Gasteiger partial charge on any atom is -0.320 e. The Hall–Kier alpha value is -0.960. The molecule has 3 heteroatoms. The van der Waals surface area contributed by atoms with Gasteiger partial charge in [0, 0.05) is 17.8 Å². The maximum Gasteiger partial charge on any atom is 0.129 e. The van der Waals surface area contributed by atoms with Crippen LogP contribution < -0.4 is 5.32 Å². The van der Waals surface area contributed by atoms with E-state index in [1.807, 2.05) is 7.05 Å². The van der Waals surface area contributed by atoms with E-state index in [0.29, 0.717) is 0 Å². The predicted molar refractivity (Wildman–Crippen MR) is 76.9 cm³/mol. The highest BCUT2D eigenvalue weighted by atomic mass is 14.9. The van der Waals surface area contributed by atoms with Crippen LogP contribution in [0.1, 0.15) is 50.0 Å². The van der Waals surface area contributed by atoms with Crippen molar-refractivity contribution in [3.8, 4) is 0 Å². The van der Waals surface area contributed by atoms with Gasteiger partial charge in [-0.05, 0) is 51.3 Å². The summed E-state index contributed by atoms with van der Waals surface area (Å²) in [5, 5.41) is 3.18. The molecule has 0 spiro atoms. The van der Waals surface area contributed by atoms with Gasteiger partial charge >= 0.3 is 0 Å². The molecule has 0 bridgehead atoms. The molecule has 0 aliphatic heterocycles. The van der Waals surface area contributed by atoms with E-state index in [2.05, 4.69) is 49.9 Å². The maximum atomic E-state index is 4.67. The van der Waals surface area contributed by atoms with Crippen molar-refractivity contribution in [2.75, 3.05) is 13.6 Å². The predicted octanol–water partition coefficient (Wildman–Crippen LogP) is 2.83. The first-order valence-corrected chi connectivity index (χ1v) is 6.81. The number of hydrogen-bond donors (Lipinski definition) is 1. The molecule has 0 aliphatic rings. The molecule has 1 heterocycles. The van der Waals surface area contributed by atoms with E-state index in [0.717, 1.165) is 43.0 Å². The SMILES string of the molecule is CNCCCc1c(C)nc(CC(C)(C)C)nc1C. The third-order valence-electron chi connectivity index (χ3n) is 3.01. The van der Waals surface area contributed by atoms with Crippen molar-refractivity contribution in [1.82, 2.24) is 15.3 Å². The van der Waals surface area contributed by atoms with Gasteiger partial charge in [-0.15, -0.1) is 0 Å². The molecule has 0 saturated heterocycles. The molecule has 0 aliphatic carbocycles. The van der Waals surface area contributed by atoms with Crippen LogP contribution in [-0.2, 0) is 12.8 Å². The summed E-state index contributed by atoms with van der Waals surface area (Å²) in [6, 6.07) is 0. The fourth-order valence-corrected chi connectivity index (χ4v) is 2.17. The molecule has 1 N–H and O–H groups in total. The Morgan fingerprint density at radius 3 is 2.06 bits per heavy atom. The second kappa shape index (κ2) is 6.28. The summed E-state index contributed by atoms with van der Waals surface area (Å²) in [7, 11) is 1.99. The van der Waals surface area contributed by atoms with Crippen molar-refractivity contribution in [1.29, 1.82) is 0 Å². The Kier molecular flexibility index (Phi) is 5.27. The number of aromatic nitrogens is 2. The lowest BCUT2D eigenvalue weighted by Gasteiger charge is -2.18. The number of aryl methyl sites for hydroxylation is 2. The van der Waals surface area contributed by atoms with E-state index in [1.54, 1.807) is 0 Å². The summed E-state index contributed by atoms with van der Waals surface area (Å²) in [5.41, 5.74) is 3.87. The van der Waals surface area contributed by atoms with E-state index in [9.17, 15) is 0 Å². The highest BCUT2D eigenvalue weighted by molar-refractivity contribution is 5.24. The molecule has 0 radical (unpaired) electrons. The Morgan fingerprint density at radius 1 is 1.06 bits per heavy atom. The maximum absolute atomic E-state index is 4.67. The highest BCUT2D eigenvalue weighted by Gasteiger charge is 2.15. The molecule has 0 amide bonds. The van der Waals surface area contributed by atoms with Crippen LogP contribution in [0.25, 0.3) is 0 Å². The van der Waals surface area contributed by atoms with E-state index in [1.165, 1.54) is 5.56 Å². The van der Waals surface area contributed by atoms with E-state index in [4.69, 9.17) is 0 Å². The third-order valence-corrected chi connectivity index (χ3v) is 3.01. The molecule has 0 unspecified atom stereocenters. The fraction of sp³-hybridized carbons (Fsp3) is 0.733. The average Bonchev–Trinajstić information content (AvgIpc) is 2.19. The second-order valence-electron chi connectivity index (χ2n) is 6.23. The van der Waals surface area contributed by atoms with Gasteiger partial charge in [0.15, 0.2) is 0 Å². The quantitative estimate of drug-likeness (QED) is 0.815. The second-order valence-corrected chi connectivity index (χ2v) is 6.23. The standard InChI is InChI=1S/C15H27N3/c1-11-13(8-7-9-16-6)12(2)18-14(17-11)10-15(3,4)5/h16H,7-10H2,1-6H3. The van der Waals surface area contributed by atoms with E-state index >= 15 is 0 Å². The van der Waals surface area contributed by atoms with Crippen LogP contribution >= 0.6 is 0 Å². The van der Waals surface area contributed by atoms with Crippen molar-refractivity contribution in [3.63, 3.8) is 0 Å². The Morgan fingerprint density at radius 2 is 1.61 bits per heavy atom. The summed E-state index contributed by atoms with van der Waals surface area (Å²) in [5.74, 6) is 0.981. The first-order chi connectivity index (χ1) is 8.33. The van der Waals surface area contributed by atoms with Gasteiger partial charge in [0.1, 0.15) is 5.82 Å². The minimum atomic E-state index is 0.243. The zero-order valence-electron chi connectivity index (χ0n) is 12.7. The summed E-state index contributed by atoms with van der Waals surface area (Å²) in [6.45, 7) is 11.9. The van der Waals surface area contributed by atoms with Gasteiger partial charge in [0.2, 0.25) is 0 Å². The van der Waals surface area contributed by atoms with Crippen LogP contribution in [0.2, 0.25) is 0 Å². The number of nitrogens with one attached hydrogen (secondary N) is 1. The third kappa shape index (κ3) is 4.73. The van der Waals surface area contributed by atoms with Gasteiger partial charge in [-0.25, -0.2) is 9.97 Å². The van der Waals surface area contributed by atoms with E-state index < -0.39 is 0 Å². The summed E-state index contributed by atoms with van der Waals surface area (Å²) >= 11 is 0. The van der Waals surface area contributed by atoms with Crippen molar-refractivity contribution in [2.45, 2.75) is 53.9 Å². The number of hydrogen-bond acceptors (Lipinski definition) is 3. The van der Waals surface area contributed by atoms with Gasteiger partial charge < -0.3 is 5.32 Å². The molecule has 1 aromatic heterocycles. The van der Waals surface area contributed by atoms with Crippen molar-refractivity contribution in [2.24, 2.45) is 5.41 Å². The lowest BCUT2D eigenvalue weighted by Crippen LogP contribution is -2.15. The molecule has 102 valence electrons. The van der Waals surface area contributed by atoms with Crippen LogP contribution in [0.4, 0.5) is 0 Å². The van der Waals surface area contributed by atoms with E-state index in [-0.39, 0.29) is 5.41 Å². The first-order valence-electron chi connectivity index (χ1n) is 6.81. The minimum absolute atomic E-state index is 0.243. The van der Waals surface area contributed by atoms with Gasteiger partial charge in [0.25, 0.3) is 0 Å². The molecular formula is C15H27N3. The zero-order chi connectivity index (χ0) is 13.8. The average molecular weight is 249 g/mol. The number of rotatable bonds is 5. The Balaban J connectivity index is 2.84. The van der Waals surface area contributed by atoms with Crippen LogP contribution in [-0.4, -0.2) is 23.6 Å². The largest absolute Gasteiger partial charge is 0.320 e. The van der Waals surface area contributed by atoms with Crippen molar-refractivity contribution in [3.05, 3.63) is 22.8 Å². The van der Waals surface area contributed by atoms with Gasteiger partial charge in [-0.1, -0.05) is 20.8 Å². The van der Waals surface area contributed by atoms with Crippen LogP contribution in [0.15, 0.2) is 0 Å². The highest BCUT2D eigenvalue weighted by Crippen LogP contribution is 2.20. The van der Waals surface area contributed by atoms with Crippen LogP contribution in [0, 0.1) is 19.3 Å². The molecule has 0 fully saturated rings. The molecule has 3 nitrogen and oxygen atoms in total. The van der Waals surface area contributed by atoms with Crippen molar-refractivity contribution < 1.29 is 0 Å². The Labute approximate surface area is 111 Å². The lowest BCUT2D eigenvalue weighted by molar-refractivity contribution is 0.399. The topological polar surface area (TPSA) is 37.8 Å². The van der Waals surface area contributed by atoms with Gasteiger partial charge in [-0.3, -0.25) is 0 Å². The normalized spacial score (nSPS) is 11.9. The van der Waals surface area contributed by atoms with Crippen LogP contribution in [0.5, 0.6) is 0 Å². The molecular weight excluding hydrogens is 222 g/mol. The molecule has 1 rings (SSSR count). The molecule has 0 aromatic carbocycles. The monoisotopic (exact) mass is 249 g/mol. The first kappa shape index (κ1) is 15.1. The van der Waals surface area contributed by atoms with Gasteiger partial charge in [0.05, 0.1) is 0 Å². The summed E-state index contributed by atoms with van der Waals surface area (Å²) in [4.78, 5) is 9.33. The summed E-state index contributed by atoms with van der Waals surface area (Å²) < 4.78 is 0. The summed E-state index contributed by atoms with van der Waals surface area (Å²) in [6.07, 6.45) is 3.14. The number of nitrogens with zero attached hydrogens (tertiary/aromatic N) is 2. The van der Waals surface area contributed by atoms with Gasteiger partial charge in [-0.2, -0.15) is 0 Å². The fourth-order valence-electron chi connectivity index (χ4n) is 2.17. The lowest BCUT2D eigenvalue weighted by atomic mass is 9.91. The molecule has 1 aromatic rings. The van der Waals surface area contributed by atoms with Crippen LogP contribution in [0.3, 0.4) is 0 Å². The van der Waals surface area contributed by atoms with Crippen molar-refractivity contribution >= 4 is 0 Å². The smallest absolute Gasteiger partial charge is 0.129 e. The molecule has 0 atom stereocenters. The molecule has 0 saturated carbocycles. The molecule has 18 heavy (non-hydrogen) atoms.